The Kier molecular flexibility index (Phi) is 2.09. The molecule has 0 saturated carbocycles. The predicted octanol–water partition coefficient (Wildman–Crippen LogP) is 1.20. The summed E-state index contributed by atoms with van der Waals surface area (Å²) in [5, 5.41) is 9.22. The van der Waals surface area contributed by atoms with Gasteiger partial charge in [-0.2, -0.15) is 0 Å². The Morgan fingerprint density at radius 1 is 1.42 bits per heavy atom. The summed E-state index contributed by atoms with van der Waals surface area (Å²) in [5.74, 6) is 0.761. The molecule has 0 radical (unpaired) electrons. The molecule has 3 heteroatoms. The van der Waals surface area contributed by atoms with E-state index in [1.807, 2.05) is 0 Å². The van der Waals surface area contributed by atoms with E-state index in [4.69, 9.17) is 12.2 Å². The van der Waals surface area contributed by atoms with Crippen LogP contribution in [0.5, 0.6) is 11.5 Å². The molecule has 0 aromatic heterocycles. The minimum absolute atomic E-state index is 0.0550. The van der Waals surface area contributed by atoms with Gasteiger partial charge in [-0.05, 0) is 18.2 Å². The first-order chi connectivity index (χ1) is 6.49. The van der Waals surface area contributed by atoms with Gasteiger partial charge in [0, 0.05) is 5.56 Å². The molecule has 0 bridgehead atoms. The SMILES string of the molecule is [2H]C([2H])(O)c1cc(OC)ccc1OC. The zero-order valence-corrected chi connectivity index (χ0v) is 7.00. The molecule has 0 aliphatic heterocycles. The van der Waals surface area contributed by atoms with Gasteiger partial charge in [0.25, 0.3) is 0 Å². The maximum absolute atomic E-state index is 9.22. The number of rotatable bonds is 3. The van der Waals surface area contributed by atoms with Gasteiger partial charge in [-0.1, -0.05) is 0 Å². The Bertz CT molecular complexity index is 320. The molecule has 1 aromatic rings. The molecule has 0 aliphatic carbocycles. The van der Waals surface area contributed by atoms with E-state index in [0.29, 0.717) is 11.5 Å². The normalized spacial score (nSPS) is 13.2. The van der Waals surface area contributed by atoms with E-state index in [2.05, 4.69) is 0 Å². The minimum atomic E-state index is -2.43. The second-order valence-electron chi connectivity index (χ2n) is 2.18. The summed E-state index contributed by atoms with van der Waals surface area (Å²) in [6.45, 7) is -2.43. The lowest BCUT2D eigenvalue weighted by atomic mass is 10.2. The van der Waals surface area contributed by atoms with Gasteiger partial charge in [0.1, 0.15) is 11.5 Å². The summed E-state index contributed by atoms with van der Waals surface area (Å²) in [7, 11) is 2.88. The quantitative estimate of drug-likeness (QED) is 0.740. The molecule has 0 aliphatic rings. The lowest BCUT2D eigenvalue weighted by Crippen LogP contribution is -1.92. The first kappa shape index (κ1) is 6.31. The summed E-state index contributed by atoms with van der Waals surface area (Å²) in [6, 6.07) is 4.58. The Hall–Kier alpha value is -1.22. The minimum Gasteiger partial charge on any atom is -0.497 e. The van der Waals surface area contributed by atoms with Crippen LogP contribution in [-0.4, -0.2) is 19.3 Å². The highest BCUT2D eigenvalue weighted by atomic mass is 16.5. The van der Waals surface area contributed by atoms with E-state index in [9.17, 15) is 5.11 Å². The highest BCUT2D eigenvalue weighted by Crippen LogP contribution is 2.23. The number of benzene rings is 1. The van der Waals surface area contributed by atoms with Crippen LogP contribution in [0.3, 0.4) is 0 Å². The summed E-state index contributed by atoms with van der Waals surface area (Å²) in [6.07, 6.45) is 0. The zero-order chi connectivity index (χ0) is 10.8. The lowest BCUT2D eigenvalue weighted by molar-refractivity contribution is 0.272. The second kappa shape index (κ2) is 3.97. The Morgan fingerprint density at radius 2 is 2.17 bits per heavy atom. The maximum atomic E-state index is 9.22. The fraction of sp³-hybridized carbons (Fsp3) is 0.333. The van der Waals surface area contributed by atoms with Crippen molar-refractivity contribution >= 4 is 0 Å². The fourth-order valence-corrected chi connectivity index (χ4v) is 0.901. The van der Waals surface area contributed by atoms with Gasteiger partial charge >= 0.3 is 0 Å². The van der Waals surface area contributed by atoms with Crippen LogP contribution in [0.1, 0.15) is 8.30 Å². The molecule has 3 nitrogen and oxygen atoms in total. The van der Waals surface area contributed by atoms with Crippen LogP contribution in [0, 0.1) is 0 Å². The highest BCUT2D eigenvalue weighted by molar-refractivity contribution is 5.39. The van der Waals surface area contributed by atoms with Gasteiger partial charge in [0.05, 0.1) is 23.5 Å². The van der Waals surface area contributed by atoms with Crippen molar-refractivity contribution in [3.63, 3.8) is 0 Å². The third-order valence-electron chi connectivity index (χ3n) is 1.53. The Labute approximate surface area is 74.4 Å². The molecule has 0 unspecified atom stereocenters. The average Bonchev–Trinajstić information content (AvgIpc) is 2.15. The van der Waals surface area contributed by atoms with Crippen molar-refractivity contribution in [2.24, 2.45) is 0 Å². The predicted molar refractivity (Wildman–Crippen MR) is 45.5 cm³/mol. The van der Waals surface area contributed by atoms with Crippen LogP contribution >= 0.6 is 0 Å². The van der Waals surface area contributed by atoms with Crippen molar-refractivity contribution in [3.05, 3.63) is 23.8 Å². The smallest absolute Gasteiger partial charge is 0.124 e. The second-order valence-corrected chi connectivity index (χ2v) is 2.18. The summed E-state index contributed by atoms with van der Waals surface area (Å²) >= 11 is 0. The number of methoxy groups -OCH3 is 2. The molecule has 0 heterocycles. The van der Waals surface area contributed by atoms with Crippen molar-refractivity contribution in [2.75, 3.05) is 14.2 Å². The number of ether oxygens (including phenoxy) is 2. The van der Waals surface area contributed by atoms with E-state index < -0.39 is 6.56 Å². The van der Waals surface area contributed by atoms with E-state index in [1.54, 1.807) is 12.1 Å². The van der Waals surface area contributed by atoms with E-state index >= 15 is 0 Å². The van der Waals surface area contributed by atoms with Gasteiger partial charge in [0.2, 0.25) is 0 Å². The molecule has 1 N–H and O–H groups in total. The third-order valence-corrected chi connectivity index (χ3v) is 1.53. The van der Waals surface area contributed by atoms with Gasteiger partial charge in [-0.3, -0.25) is 0 Å². The zero-order valence-electron chi connectivity index (χ0n) is 9.00. The third kappa shape index (κ3) is 1.68. The molecule has 12 heavy (non-hydrogen) atoms. The Morgan fingerprint density at radius 3 is 2.67 bits per heavy atom. The van der Waals surface area contributed by atoms with Crippen LogP contribution in [-0.2, 0) is 6.56 Å². The summed E-state index contributed by atoms with van der Waals surface area (Å²) in [4.78, 5) is 0. The van der Waals surface area contributed by atoms with E-state index in [-0.39, 0.29) is 5.56 Å². The van der Waals surface area contributed by atoms with Crippen molar-refractivity contribution in [1.82, 2.24) is 0 Å². The van der Waals surface area contributed by atoms with Gasteiger partial charge in [-0.15, -0.1) is 0 Å². The first-order valence-corrected chi connectivity index (χ1v) is 3.44. The largest absolute Gasteiger partial charge is 0.497 e. The molecular weight excluding hydrogens is 156 g/mol. The van der Waals surface area contributed by atoms with Gasteiger partial charge in [0.15, 0.2) is 0 Å². The summed E-state index contributed by atoms with van der Waals surface area (Å²) in [5.41, 5.74) is 0.0550. The molecule has 66 valence electrons. The van der Waals surface area contributed by atoms with Crippen LogP contribution < -0.4 is 9.47 Å². The molecule has 0 amide bonds. The van der Waals surface area contributed by atoms with Crippen LogP contribution in [0.4, 0.5) is 0 Å². The van der Waals surface area contributed by atoms with Crippen LogP contribution in [0.2, 0.25) is 0 Å². The van der Waals surface area contributed by atoms with E-state index in [1.165, 1.54) is 20.3 Å². The monoisotopic (exact) mass is 170 g/mol. The van der Waals surface area contributed by atoms with Crippen molar-refractivity contribution in [2.45, 2.75) is 6.56 Å². The molecule has 0 atom stereocenters. The number of hydrogen-bond donors (Lipinski definition) is 1. The van der Waals surface area contributed by atoms with Crippen molar-refractivity contribution in [3.8, 4) is 11.5 Å². The fourth-order valence-electron chi connectivity index (χ4n) is 0.901. The summed E-state index contributed by atoms with van der Waals surface area (Å²) < 4.78 is 24.2. The van der Waals surface area contributed by atoms with Gasteiger partial charge < -0.3 is 14.6 Å². The standard InChI is InChI=1S/C9H12O3/c1-11-8-3-4-9(12-2)7(5-8)6-10/h3-5,10H,6H2,1-2H3/i6D2. The lowest BCUT2D eigenvalue weighted by Gasteiger charge is -2.07. The molecule has 0 spiro atoms. The average molecular weight is 170 g/mol. The van der Waals surface area contributed by atoms with Gasteiger partial charge in [-0.25, -0.2) is 0 Å². The first-order valence-electron chi connectivity index (χ1n) is 4.44. The van der Waals surface area contributed by atoms with Crippen LogP contribution in [0.15, 0.2) is 18.2 Å². The van der Waals surface area contributed by atoms with Crippen LogP contribution in [0.25, 0.3) is 0 Å². The molecule has 1 rings (SSSR count). The maximum Gasteiger partial charge on any atom is 0.124 e. The highest BCUT2D eigenvalue weighted by Gasteiger charge is 2.02. The molecule has 1 aromatic carbocycles. The van der Waals surface area contributed by atoms with E-state index in [0.717, 1.165) is 0 Å². The molecule has 0 saturated heterocycles. The Balaban J connectivity index is 3.22. The molecule has 0 fully saturated rings. The number of hydrogen-bond acceptors (Lipinski definition) is 3. The molecular formula is C9H12O3. The van der Waals surface area contributed by atoms with Crippen molar-refractivity contribution in [1.29, 1.82) is 0 Å². The van der Waals surface area contributed by atoms with Crippen molar-refractivity contribution < 1.29 is 17.3 Å². The number of aliphatic hydroxyl groups is 1. The topological polar surface area (TPSA) is 38.7 Å².